The Morgan fingerprint density at radius 2 is 2.06 bits per heavy atom. The van der Waals surface area contributed by atoms with E-state index in [9.17, 15) is 9.18 Å². The number of anilines is 1. The summed E-state index contributed by atoms with van der Waals surface area (Å²) in [5, 5.41) is 16.0. The van der Waals surface area contributed by atoms with Crippen LogP contribution in [0.3, 0.4) is 0 Å². The van der Waals surface area contributed by atoms with Gasteiger partial charge in [-0.25, -0.2) is 13.9 Å². The van der Waals surface area contributed by atoms with Gasteiger partial charge in [0.05, 0.1) is 18.4 Å². The normalized spacial score (nSPS) is 11.3. The number of amides is 1. The number of fused-ring (bicyclic) bond motifs is 1. The summed E-state index contributed by atoms with van der Waals surface area (Å²) in [4.78, 5) is 17.2. The van der Waals surface area contributed by atoms with Crippen LogP contribution in [0.5, 0.6) is 0 Å². The van der Waals surface area contributed by atoms with Gasteiger partial charge in [0, 0.05) is 36.8 Å². The molecular weight excluding hydrogens is 447 g/mol. The van der Waals surface area contributed by atoms with Crippen LogP contribution in [0.15, 0.2) is 55.0 Å². The number of aryl methyl sites for hydroxylation is 1. The topological polar surface area (TPSA) is 94.9 Å². The van der Waals surface area contributed by atoms with E-state index in [0.29, 0.717) is 12.2 Å². The number of aromatic nitrogens is 7. The molecule has 5 rings (SSSR count). The van der Waals surface area contributed by atoms with Gasteiger partial charge in [0.15, 0.2) is 17.2 Å². The Kier molecular flexibility index (Phi) is 5.14. The number of nitrogens with zero attached hydrogens (tertiary/aromatic N) is 7. The molecule has 0 bridgehead atoms. The summed E-state index contributed by atoms with van der Waals surface area (Å²) >= 11 is 6.26. The molecule has 0 saturated heterocycles. The van der Waals surface area contributed by atoms with Crippen LogP contribution in [0.1, 0.15) is 21.7 Å². The zero-order valence-electron chi connectivity index (χ0n) is 17.7. The van der Waals surface area contributed by atoms with Crippen LogP contribution in [0.2, 0.25) is 5.02 Å². The average molecular weight is 465 g/mol. The van der Waals surface area contributed by atoms with Crippen molar-refractivity contribution in [3.05, 3.63) is 82.8 Å². The Balaban J connectivity index is 1.40. The molecule has 0 saturated carbocycles. The number of hydrogen-bond donors (Lipinski definition) is 1. The first-order chi connectivity index (χ1) is 15.9. The Labute approximate surface area is 192 Å². The zero-order valence-corrected chi connectivity index (χ0v) is 18.5. The Morgan fingerprint density at radius 1 is 1.21 bits per heavy atom. The van der Waals surface area contributed by atoms with Crippen LogP contribution in [0.4, 0.5) is 10.2 Å². The first kappa shape index (κ1) is 20.8. The Hall–Kier alpha value is -4.05. The molecule has 166 valence electrons. The minimum atomic E-state index is -0.479. The maximum absolute atomic E-state index is 13.4. The molecule has 4 heterocycles. The molecule has 1 amide bonds. The lowest BCUT2D eigenvalue weighted by Gasteiger charge is -2.04. The van der Waals surface area contributed by atoms with Crippen molar-refractivity contribution in [3.63, 3.8) is 0 Å². The van der Waals surface area contributed by atoms with Gasteiger partial charge < -0.3 is 5.32 Å². The molecule has 11 heteroatoms. The van der Waals surface area contributed by atoms with Gasteiger partial charge in [0.25, 0.3) is 5.91 Å². The maximum Gasteiger partial charge on any atom is 0.277 e. The maximum atomic E-state index is 13.4. The number of carbonyl (C=O) groups is 1. The first-order valence-corrected chi connectivity index (χ1v) is 10.4. The summed E-state index contributed by atoms with van der Waals surface area (Å²) in [5.41, 5.74) is 4.01. The second kappa shape index (κ2) is 8.14. The van der Waals surface area contributed by atoms with Gasteiger partial charge in [-0.2, -0.15) is 15.3 Å². The van der Waals surface area contributed by atoms with Crippen LogP contribution in [-0.4, -0.2) is 40.1 Å². The van der Waals surface area contributed by atoms with Gasteiger partial charge in [-0.3, -0.25) is 14.2 Å². The van der Waals surface area contributed by atoms with E-state index in [1.807, 2.05) is 20.0 Å². The molecular formula is C22H18ClFN8O. The second-order valence-electron chi connectivity index (χ2n) is 7.50. The third-order valence-corrected chi connectivity index (χ3v) is 5.56. The lowest BCUT2D eigenvalue weighted by molar-refractivity contribution is 0.102. The highest BCUT2D eigenvalue weighted by molar-refractivity contribution is 6.33. The molecule has 0 radical (unpaired) electrons. The Bertz CT molecular complexity index is 1500. The molecule has 0 spiro atoms. The van der Waals surface area contributed by atoms with Gasteiger partial charge in [-0.05, 0) is 30.7 Å². The minimum Gasteiger partial charge on any atom is -0.302 e. The summed E-state index contributed by atoms with van der Waals surface area (Å²) in [7, 11) is 1.86. The quantitative estimate of drug-likeness (QED) is 0.427. The fraction of sp³-hybridized carbons (Fsp3) is 0.136. The van der Waals surface area contributed by atoms with Crippen molar-refractivity contribution in [1.29, 1.82) is 0 Å². The molecule has 1 aromatic carbocycles. The van der Waals surface area contributed by atoms with Crippen molar-refractivity contribution in [2.24, 2.45) is 7.05 Å². The highest BCUT2D eigenvalue weighted by Gasteiger charge is 2.18. The molecule has 0 fully saturated rings. The van der Waals surface area contributed by atoms with Gasteiger partial charge in [-0.15, -0.1) is 0 Å². The Morgan fingerprint density at radius 3 is 2.82 bits per heavy atom. The minimum absolute atomic E-state index is 0.159. The van der Waals surface area contributed by atoms with Gasteiger partial charge in [0.2, 0.25) is 0 Å². The second-order valence-corrected chi connectivity index (χ2v) is 7.91. The monoisotopic (exact) mass is 464 g/mol. The van der Waals surface area contributed by atoms with Crippen molar-refractivity contribution in [1.82, 2.24) is 34.2 Å². The van der Waals surface area contributed by atoms with Crippen LogP contribution < -0.4 is 5.32 Å². The van der Waals surface area contributed by atoms with E-state index >= 15 is 0 Å². The van der Waals surface area contributed by atoms with Crippen LogP contribution in [0.25, 0.3) is 16.9 Å². The molecule has 0 atom stereocenters. The number of benzene rings is 1. The predicted octanol–water partition coefficient (Wildman–Crippen LogP) is 3.73. The summed E-state index contributed by atoms with van der Waals surface area (Å²) in [6.07, 6.45) is 4.97. The average Bonchev–Trinajstić information content (AvgIpc) is 3.46. The zero-order chi connectivity index (χ0) is 23.1. The molecule has 1 N–H and O–H groups in total. The molecule has 33 heavy (non-hydrogen) atoms. The van der Waals surface area contributed by atoms with E-state index < -0.39 is 5.91 Å². The number of nitrogens with one attached hydrogen (secondary N) is 1. The fourth-order valence-corrected chi connectivity index (χ4v) is 3.71. The lowest BCUT2D eigenvalue weighted by atomic mass is 10.2. The number of rotatable bonds is 5. The van der Waals surface area contributed by atoms with Gasteiger partial charge >= 0.3 is 0 Å². The molecule has 4 aromatic heterocycles. The van der Waals surface area contributed by atoms with E-state index in [1.165, 1.54) is 16.8 Å². The first-order valence-electron chi connectivity index (χ1n) is 10.0. The SMILES string of the molecule is Cc1c(-c2ccnc3cc(C(=O)Nc4nn(Cc5cccc(F)c5)cc4Cl)nn23)cnn1C. The summed E-state index contributed by atoms with van der Waals surface area (Å²) in [5.74, 6) is -0.626. The highest BCUT2D eigenvalue weighted by atomic mass is 35.5. The fourth-order valence-electron chi connectivity index (χ4n) is 3.52. The van der Waals surface area contributed by atoms with E-state index in [4.69, 9.17) is 11.6 Å². The standard InChI is InChI=1S/C22H18ClFN8O/c1-13-16(10-26-30(13)2)19-6-7-25-20-9-18(28-32(19)20)22(33)27-21-17(23)12-31(29-21)11-14-4-3-5-15(24)8-14/h3-10,12H,11H2,1-2H3,(H,27,29,33). The largest absolute Gasteiger partial charge is 0.302 e. The molecule has 9 nitrogen and oxygen atoms in total. The molecule has 5 aromatic rings. The third kappa shape index (κ3) is 3.96. The van der Waals surface area contributed by atoms with Crippen LogP contribution in [0, 0.1) is 12.7 Å². The van der Waals surface area contributed by atoms with Crippen LogP contribution >= 0.6 is 11.6 Å². The van der Waals surface area contributed by atoms with E-state index in [2.05, 4.69) is 25.6 Å². The van der Waals surface area contributed by atoms with Gasteiger partial charge in [-0.1, -0.05) is 23.7 Å². The van der Waals surface area contributed by atoms with Crippen molar-refractivity contribution in [3.8, 4) is 11.3 Å². The highest BCUT2D eigenvalue weighted by Crippen LogP contribution is 2.24. The van der Waals surface area contributed by atoms with Crippen molar-refractivity contribution < 1.29 is 9.18 Å². The molecule has 0 aliphatic heterocycles. The van der Waals surface area contributed by atoms with Crippen molar-refractivity contribution >= 4 is 29.0 Å². The van der Waals surface area contributed by atoms with Crippen molar-refractivity contribution in [2.75, 3.05) is 5.32 Å². The summed E-state index contributed by atoms with van der Waals surface area (Å²) in [6, 6.07) is 9.59. The smallest absolute Gasteiger partial charge is 0.277 e. The van der Waals surface area contributed by atoms with E-state index in [0.717, 1.165) is 22.5 Å². The summed E-state index contributed by atoms with van der Waals surface area (Å²) < 4.78 is 18.3. The molecule has 0 aliphatic carbocycles. The van der Waals surface area contributed by atoms with Crippen molar-refractivity contribution in [2.45, 2.75) is 13.5 Å². The third-order valence-electron chi connectivity index (χ3n) is 5.28. The summed E-state index contributed by atoms with van der Waals surface area (Å²) in [6.45, 7) is 2.26. The number of carbonyl (C=O) groups excluding carboxylic acids is 1. The number of hydrogen-bond acceptors (Lipinski definition) is 5. The van der Waals surface area contributed by atoms with Gasteiger partial charge in [0.1, 0.15) is 10.8 Å². The lowest BCUT2D eigenvalue weighted by Crippen LogP contribution is -2.14. The molecule has 0 unspecified atom stereocenters. The van der Waals surface area contributed by atoms with E-state index in [1.54, 1.807) is 46.0 Å². The predicted molar refractivity (Wildman–Crippen MR) is 121 cm³/mol. The van der Waals surface area contributed by atoms with E-state index in [-0.39, 0.29) is 22.4 Å². The molecule has 0 aliphatic rings. The van der Waals surface area contributed by atoms with Crippen LogP contribution in [-0.2, 0) is 13.6 Å². The number of halogens is 2.